The number of nitrogens with one attached hydrogen (secondary N) is 1. The Balaban J connectivity index is 1.98. The van der Waals surface area contributed by atoms with E-state index in [-0.39, 0.29) is 12.3 Å². The smallest absolute Gasteiger partial charge is 0.387 e. The Morgan fingerprint density at radius 3 is 2.64 bits per heavy atom. The van der Waals surface area contributed by atoms with Crippen molar-refractivity contribution in [2.24, 2.45) is 5.73 Å². The summed E-state index contributed by atoms with van der Waals surface area (Å²) in [5.41, 5.74) is 6.61. The Hall–Kier alpha value is -3.22. The van der Waals surface area contributed by atoms with Crippen LogP contribution in [0.2, 0.25) is 0 Å². The van der Waals surface area contributed by atoms with E-state index in [1.54, 1.807) is 42.5 Å². The summed E-state index contributed by atoms with van der Waals surface area (Å²) in [5, 5.41) is 2.63. The first-order chi connectivity index (χ1) is 12.0. The molecule has 2 aromatic rings. The van der Waals surface area contributed by atoms with Crippen LogP contribution in [0, 0.1) is 0 Å². The summed E-state index contributed by atoms with van der Waals surface area (Å²) in [5.74, 6) is -0.990. The molecule has 0 atom stereocenters. The second kappa shape index (κ2) is 8.58. The molecule has 0 heterocycles. The Labute approximate surface area is 143 Å². The van der Waals surface area contributed by atoms with Crippen LogP contribution in [0.4, 0.5) is 8.78 Å². The molecular formula is C18H16F2N2O3. The summed E-state index contributed by atoms with van der Waals surface area (Å²) in [4.78, 5) is 23.0. The number of halogens is 2. The fourth-order valence-corrected chi connectivity index (χ4v) is 2.07. The standard InChI is InChI=1S/C18H16F2N2O3/c19-18(20)25-15-7-2-1-5-13(15)8-9-16(23)22-11-12-4-3-6-14(10-12)17(21)24/h1-10,18H,11H2,(H2,21,24)(H,22,23)/b9-8+. The fourth-order valence-electron chi connectivity index (χ4n) is 2.07. The lowest BCUT2D eigenvalue weighted by atomic mass is 10.1. The molecule has 2 amide bonds. The van der Waals surface area contributed by atoms with Gasteiger partial charge in [-0.1, -0.05) is 30.3 Å². The van der Waals surface area contributed by atoms with E-state index in [9.17, 15) is 18.4 Å². The monoisotopic (exact) mass is 346 g/mol. The number of nitrogens with two attached hydrogens (primary N) is 1. The van der Waals surface area contributed by atoms with Gasteiger partial charge in [-0.05, 0) is 29.8 Å². The number of hydrogen-bond donors (Lipinski definition) is 2. The van der Waals surface area contributed by atoms with Crippen molar-refractivity contribution in [1.82, 2.24) is 5.32 Å². The topological polar surface area (TPSA) is 81.4 Å². The molecule has 2 rings (SSSR count). The number of carbonyl (C=O) groups is 2. The average Bonchev–Trinajstić information content (AvgIpc) is 2.59. The van der Waals surface area contributed by atoms with Crippen molar-refractivity contribution in [1.29, 1.82) is 0 Å². The summed E-state index contributed by atoms with van der Waals surface area (Å²) in [6, 6.07) is 12.7. The molecule has 130 valence electrons. The molecule has 0 radical (unpaired) electrons. The van der Waals surface area contributed by atoms with Crippen LogP contribution in [0.1, 0.15) is 21.5 Å². The highest BCUT2D eigenvalue weighted by Gasteiger charge is 2.07. The minimum absolute atomic E-state index is 0.0179. The number of amides is 2. The predicted molar refractivity (Wildman–Crippen MR) is 88.9 cm³/mol. The lowest BCUT2D eigenvalue weighted by Crippen LogP contribution is -2.20. The number of primary amides is 1. The zero-order valence-corrected chi connectivity index (χ0v) is 13.1. The summed E-state index contributed by atoms with van der Waals surface area (Å²) >= 11 is 0. The molecule has 0 bridgehead atoms. The van der Waals surface area contributed by atoms with Crippen LogP contribution in [-0.4, -0.2) is 18.4 Å². The predicted octanol–water partition coefficient (Wildman–Crippen LogP) is 2.72. The van der Waals surface area contributed by atoms with Gasteiger partial charge >= 0.3 is 6.61 Å². The van der Waals surface area contributed by atoms with Crippen LogP contribution in [-0.2, 0) is 11.3 Å². The molecule has 0 spiro atoms. The highest BCUT2D eigenvalue weighted by atomic mass is 19.3. The van der Waals surface area contributed by atoms with Crippen molar-refractivity contribution >= 4 is 17.9 Å². The van der Waals surface area contributed by atoms with E-state index in [4.69, 9.17) is 5.73 Å². The number of hydrogen-bond acceptors (Lipinski definition) is 3. The van der Waals surface area contributed by atoms with Crippen molar-refractivity contribution in [3.63, 3.8) is 0 Å². The molecule has 0 aromatic heterocycles. The fraction of sp³-hybridized carbons (Fsp3) is 0.111. The SMILES string of the molecule is NC(=O)c1cccc(CNC(=O)/C=C/c2ccccc2OC(F)F)c1. The lowest BCUT2D eigenvalue weighted by Gasteiger charge is -2.07. The van der Waals surface area contributed by atoms with E-state index >= 15 is 0 Å². The Morgan fingerprint density at radius 1 is 1.16 bits per heavy atom. The van der Waals surface area contributed by atoms with Crippen molar-refractivity contribution in [3.8, 4) is 5.75 Å². The number of rotatable bonds is 7. The first kappa shape index (κ1) is 18.1. The molecule has 0 aliphatic heterocycles. The van der Waals surface area contributed by atoms with Crippen LogP contribution in [0.15, 0.2) is 54.6 Å². The van der Waals surface area contributed by atoms with Gasteiger partial charge in [-0.25, -0.2) is 0 Å². The summed E-state index contributed by atoms with van der Waals surface area (Å²) in [6.45, 7) is -2.75. The Morgan fingerprint density at radius 2 is 1.92 bits per heavy atom. The van der Waals surface area contributed by atoms with Crippen molar-refractivity contribution in [3.05, 3.63) is 71.3 Å². The van der Waals surface area contributed by atoms with E-state index in [1.807, 2.05) is 0 Å². The third-order valence-electron chi connectivity index (χ3n) is 3.23. The molecule has 2 aromatic carbocycles. The highest BCUT2D eigenvalue weighted by molar-refractivity contribution is 5.93. The second-order valence-corrected chi connectivity index (χ2v) is 5.03. The van der Waals surface area contributed by atoms with Crippen LogP contribution >= 0.6 is 0 Å². The number of ether oxygens (including phenoxy) is 1. The molecule has 0 saturated heterocycles. The van der Waals surface area contributed by atoms with Crippen LogP contribution in [0.25, 0.3) is 6.08 Å². The quantitative estimate of drug-likeness (QED) is 0.757. The van der Waals surface area contributed by atoms with Crippen molar-refractivity contribution in [2.45, 2.75) is 13.2 Å². The molecule has 25 heavy (non-hydrogen) atoms. The summed E-state index contributed by atoms with van der Waals surface area (Å²) in [6.07, 6.45) is 2.60. The zero-order chi connectivity index (χ0) is 18.2. The molecular weight excluding hydrogens is 330 g/mol. The molecule has 7 heteroatoms. The maximum absolute atomic E-state index is 12.3. The number of para-hydroxylation sites is 1. The maximum atomic E-state index is 12.3. The Kier molecular flexibility index (Phi) is 6.22. The first-order valence-electron chi connectivity index (χ1n) is 7.34. The molecule has 0 aliphatic rings. The van der Waals surface area contributed by atoms with Gasteiger partial charge in [0.25, 0.3) is 0 Å². The number of alkyl halides is 2. The molecule has 3 N–H and O–H groups in total. The minimum atomic E-state index is -2.94. The van der Waals surface area contributed by atoms with Gasteiger partial charge in [-0.15, -0.1) is 0 Å². The van der Waals surface area contributed by atoms with Crippen molar-refractivity contribution < 1.29 is 23.1 Å². The lowest BCUT2D eigenvalue weighted by molar-refractivity contribution is -0.116. The van der Waals surface area contributed by atoms with Crippen LogP contribution < -0.4 is 15.8 Å². The van der Waals surface area contributed by atoms with E-state index in [1.165, 1.54) is 18.2 Å². The van der Waals surface area contributed by atoms with E-state index in [2.05, 4.69) is 10.1 Å². The van der Waals surface area contributed by atoms with Crippen molar-refractivity contribution in [2.75, 3.05) is 0 Å². The molecule has 0 aliphatic carbocycles. The largest absolute Gasteiger partial charge is 0.434 e. The van der Waals surface area contributed by atoms with Gasteiger partial charge in [0.05, 0.1) is 0 Å². The normalized spacial score (nSPS) is 10.8. The van der Waals surface area contributed by atoms with Gasteiger partial charge in [-0.3, -0.25) is 9.59 Å². The molecule has 0 fully saturated rings. The van der Waals surface area contributed by atoms with Gasteiger partial charge in [0.1, 0.15) is 5.75 Å². The highest BCUT2D eigenvalue weighted by Crippen LogP contribution is 2.21. The Bertz CT molecular complexity index is 791. The van der Waals surface area contributed by atoms with Gasteiger partial charge in [0.15, 0.2) is 0 Å². The molecule has 0 saturated carbocycles. The first-order valence-corrected chi connectivity index (χ1v) is 7.34. The summed E-state index contributed by atoms with van der Waals surface area (Å²) < 4.78 is 29.1. The van der Waals surface area contributed by atoms with E-state index in [0.29, 0.717) is 16.7 Å². The maximum Gasteiger partial charge on any atom is 0.387 e. The van der Waals surface area contributed by atoms with Crippen LogP contribution in [0.3, 0.4) is 0 Å². The molecule has 0 unspecified atom stereocenters. The second-order valence-electron chi connectivity index (χ2n) is 5.03. The summed E-state index contributed by atoms with van der Waals surface area (Å²) in [7, 11) is 0. The van der Waals surface area contributed by atoms with Gasteiger partial charge in [0.2, 0.25) is 11.8 Å². The average molecular weight is 346 g/mol. The number of carbonyl (C=O) groups excluding carboxylic acids is 2. The van der Waals surface area contributed by atoms with Gasteiger partial charge in [-0.2, -0.15) is 8.78 Å². The van der Waals surface area contributed by atoms with Gasteiger partial charge in [0, 0.05) is 23.7 Å². The van der Waals surface area contributed by atoms with E-state index in [0.717, 1.165) is 0 Å². The minimum Gasteiger partial charge on any atom is -0.434 e. The van der Waals surface area contributed by atoms with Crippen LogP contribution in [0.5, 0.6) is 5.75 Å². The molecule has 5 nitrogen and oxygen atoms in total. The third kappa shape index (κ3) is 5.72. The number of benzene rings is 2. The van der Waals surface area contributed by atoms with Gasteiger partial charge < -0.3 is 15.8 Å². The zero-order valence-electron chi connectivity index (χ0n) is 13.1. The van der Waals surface area contributed by atoms with E-state index < -0.39 is 18.4 Å². The third-order valence-corrected chi connectivity index (χ3v) is 3.23.